The molecule has 0 unspecified atom stereocenters. The first kappa shape index (κ1) is 13.6. The Bertz CT molecular complexity index is 597. The van der Waals surface area contributed by atoms with Crippen LogP contribution in [-0.4, -0.2) is 21.7 Å². The summed E-state index contributed by atoms with van der Waals surface area (Å²) in [4.78, 5) is 10.3. The number of nitro benzene ring substituents is 1. The minimum atomic E-state index is -0.395. The zero-order valence-corrected chi connectivity index (χ0v) is 11.5. The third kappa shape index (κ3) is 3.12. The average molecular weight is 278 g/mol. The Morgan fingerprint density at radius 1 is 1.42 bits per heavy atom. The molecular weight excluding hydrogens is 264 g/mol. The van der Waals surface area contributed by atoms with E-state index in [4.69, 9.17) is 0 Å². The van der Waals surface area contributed by atoms with Crippen LogP contribution in [0.3, 0.4) is 0 Å². The second-order valence-corrected chi connectivity index (χ2v) is 5.10. The van der Waals surface area contributed by atoms with E-state index >= 15 is 0 Å². The van der Waals surface area contributed by atoms with E-state index in [0.29, 0.717) is 6.54 Å². The lowest BCUT2D eigenvalue weighted by Gasteiger charge is -2.00. The van der Waals surface area contributed by atoms with Crippen LogP contribution in [0.1, 0.15) is 17.5 Å². The molecule has 0 bridgehead atoms. The molecule has 2 aromatic rings. The number of nitrogens with one attached hydrogen (secondary N) is 1. The highest BCUT2D eigenvalue weighted by Crippen LogP contribution is 2.29. The third-order valence-electron chi connectivity index (χ3n) is 2.64. The van der Waals surface area contributed by atoms with E-state index < -0.39 is 4.92 Å². The lowest BCUT2D eigenvalue weighted by molar-refractivity contribution is -0.384. The molecule has 0 saturated heterocycles. The fraction of sp³-hybridized carbons (Fsp3) is 0.333. The number of aromatic nitrogens is 2. The van der Waals surface area contributed by atoms with E-state index in [1.54, 1.807) is 12.1 Å². The van der Waals surface area contributed by atoms with Gasteiger partial charge in [-0.3, -0.25) is 10.1 Å². The molecule has 0 fully saturated rings. The van der Waals surface area contributed by atoms with Crippen LogP contribution in [0.25, 0.3) is 10.6 Å². The van der Waals surface area contributed by atoms with Crippen LogP contribution in [0.5, 0.6) is 0 Å². The van der Waals surface area contributed by atoms with Crippen molar-refractivity contribution in [2.45, 2.75) is 20.4 Å². The van der Waals surface area contributed by atoms with Crippen molar-refractivity contribution in [3.63, 3.8) is 0 Å². The first-order valence-corrected chi connectivity index (χ1v) is 6.72. The van der Waals surface area contributed by atoms with Gasteiger partial charge in [-0.15, -0.1) is 10.2 Å². The van der Waals surface area contributed by atoms with Gasteiger partial charge in [0, 0.05) is 24.2 Å². The molecule has 1 aromatic heterocycles. The van der Waals surface area contributed by atoms with Crippen LogP contribution in [0.2, 0.25) is 0 Å². The van der Waals surface area contributed by atoms with E-state index in [9.17, 15) is 10.1 Å². The van der Waals surface area contributed by atoms with Crippen molar-refractivity contribution < 1.29 is 4.92 Å². The number of benzene rings is 1. The largest absolute Gasteiger partial charge is 0.311 e. The van der Waals surface area contributed by atoms with Crippen molar-refractivity contribution in [1.82, 2.24) is 15.5 Å². The molecule has 1 heterocycles. The molecule has 6 nitrogen and oxygen atoms in total. The Morgan fingerprint density at radius 2 is 2.21 bits per heavy atom. The first-order chi connectivity index (χ1) is 9.11. The van der Waals surface area contributed by atoms with E-state index in [1.807, 2.05) is 13.8 Å². The molecule has 0 aliphatic rings. The highest BCUT2D eigenvalue weighted by Gasteiger charge is 2.12. The molecule has 2 rings (SSSR count). The molecule has 0 aliphatic carbocycles. The van der Waals surface area contributed by atoms with E-state index in [-0.39, 0.29) is 5.69 Å². The van der Waals surface area contributed by atoms with Gasteiger partial charge in [-0.25, -0.2) is 0 Å². The number of aryl methyl sites for hydroxylation is 1. The first-order valence-electron chi connectivity index (χ1n) is 5.90. The van der Waals surface area contributed by atoms with Crippen LogP contribution in [0, 0.1) is 17.0 Å². The van der Waals surface area contributed by atoms with Crippen LogP contribution in [0.4, 0.5) is 5.69 Å². The molecule has 100 valence electrons. The summed E-state index contributed by atoms with van der Waals surface area (Å²) in [5.41, 5.74) is 1.82. The average Bonchev–Trinajstić information content (AvgIpc) is 2.84. The number of nitrogens with zero attached hydrogens (tertiary/aromatic N) is 3. The van der Waals surface area contributed by atoms with Crippen molar-refractivity contribution >= 4 is 17.0 Å². The fourth-order valence-corrected chi connectivity index (χ4v) is 2.57. The molecule has 1 aromatic carbocycles. The molecule has 0 aliphatic heterocycles. The van der Waals surface area contributed by atoms with Gasteiger partial charge >= 0.3 is 0 Å². The highest BCUT2D eigenvalue weighted by molar-refractivity contribution is 7.14. The normalized spacial score (nSPS) is 10.6. The molecule has 0 saturated carbocycles. The Morgan fingerprint density at radius 3 is 2.84 bits per heavy atom. The predicted molar refractivity (Wildman–Crippen MR) is 74.1 cm³/mol. The van der Waals surface area contributed by atoms with Gasteiger partial charge in [-0.1, -0.05) is 18.3 Å². The van der Waals surface area contributed by atoms with Gasteiger partial charge < -0.3 is 5.32 Å². The summed E-state index contributed by atoms with van der Waals surface area (Å²) in [5.74, 6) is 0. The van der Waals surface area contributed by atoms with Gasteiger partial charge in [0.1, 0.15) is 10.0 Å². The Kier molecular flexibility index (Phi) is 4.18. The third-order valence-corrected chi connectivity index (χ3v) is 3.60. The van der Waals surface area contributed by atoms with Gasteiger partial charge in [-0.05, 0) is 25.1 Å². The zero-order chi connectivity index (χ0) is 13.8. The molecule has 0 atom stereocenters. The summed E-state index contributed by atoms with van der Waals surface area (Å²) < 4.78 is 0. The maximum absolute atomic E-state index is 10.7. The summed E-state index contributed by atoms with van der Waals surface area (Å²) >= 11 is 1.50. The Hall–Kier alpha value is -1.86. The van der Waals surface area contributed by atoms with Crippen LogP contribution >= 0.6 is 11.3 Å². The smallest absolute Gasteiger partial charge is 0.269 e. The Labute approximate surface area is 114 Å². The van der Waals surface area contributed by atoms with Crippen LogP contribution < -0.4 is 5.32 Å². The van der Waals surface area contributed by atoms with Gasteiger partial charge in [0.2, 0.25) is 0 Å². The van der Waals surface area contributed by atoms with E-state index in [0.717, 1.165) is 27.7 Å². The molecule has 1 N–H and O–H groups in total. The molecule has 19 heavy (non-hydrogen) atoms. The number of rotatable bonds is 5. The van der Waals surface area contributed by atoms with Gasteiger partial charge in [0.05, 0.1) is 4.92 Å². The van der Waals surface area contributed by atoms with Crippen LogP contribution in [-0.2, 0) is 6.54 Å². The monoisotopic (exact) mass is 278 g/mol. The molecular formula is C12H14N4O2S. The van der Waals surface area contributed by atoms with Crippen molar-refractivity contribution in [2.75, 3.05) is 6.54 Å². The topological polar surface area (TPSA) is 81.0 Å². The quantitative estimate of drug-likeness (QED) is 0.671. The number of non-ortho nitro benzene ring substituents is 1. The summed E-state index contributed by atoms with van der Waals surface area (Å²) in [7, 11) is 0. The highest BCUT2D eigenvalue weighted by atomic mass is 32.1. The van der Waals surface area contributed by atoms with Gasteiger partial charge in [0.25, 0.3) is 5.69 Å². The molecule has 7 heteroatoms. The van der Waals surface area contributed by atoms with Crippen molar-refractivity contribution in [3.8, 4) is 10.6 Å². The number of hydrogen-bond donors (Lipinski definition) is 1. The van der Waals surface area contributed by atoms with Crippen molar-refractivity contribution in [2.24, 2.45) is 0 Å². The predicted octanol–water partition coefficient (Wildman–Crippen LogP) is 2.53. The zero-order valence-electron chi connectivity index (χ0n) is 10.7. The van der Waals surface area contributed by atoms with E-state index in [1.165, 1.54) is 17.4 Å². The molecule has 0 amide bonds. The Balaban J connectivity index is 2.26. The van der Waals surface area contributed by atoms with Gasteiger partial charge in [0.15, 0.2) is 0 Å². The minimum absolute atomic E-state index is 0.0960. The maximum Gasteiger partial charge on any atom is 0.269 e. The molecule has 0 spiro atoms. The van der Waals surface area contributed by atoms with Gasteiger partial charge in [-0.2, -0.15) is 0 Å². The fourth-order valence-electron chi connectivity index (χ4n) is 1.67. The van der Waals surface area contributed by atoms with Crippen molar-refractivity contribution in [3.05, 3.63) is 38.9 Å². The SMILES string of the molecule is CCNCc1nnc(-c2ccc([N+](=O)[O-])cc2C)s1. The van der Waals surface area contributed by atoms with E-state index in [2.05, 4.69) is 15.5 Å². The second kappa shape index (κ2) is 5.85. The second-order valence-electron chi connectivity index (χ2n) is 4.04. The summed E-state index contributed by atoms with van der Waals surface area (Å²) in [6.45, 7) is 5.45. The maximum atomic E-state index is 10.7. The van der Waals surface area contributed by atoms with Crippen LogP contribution in [0.15, 0.2) is 18.2 Å². The number of nitro groups is 1. The number of hydrogen-bond acceptors (Lipinski definition) is 6. The summed E-state index contributed by atoms with van der Waals surface area (Å²) in [6, 6.07) is 4.78. The van der Waals surface area contributed by atoms with Crippen molar-refractivity contribution in [1.29, 1.82) is 0 Å². The lowest BCUT2D eigenvalue weighted by atomic mass is 10.1. The molecule has 0 radical (unpaired) electrons. The summed E-state index contributed by atoms with van der Waals surface area (Å²) in [5, 5.41) is 23.8. The minimum Gasteiger partial charge on any atom is -0.311 e. The summed E-state index contributed by atoms with van der Waals surface area (Å²) in [6.07, 6.45) is 0. The lowest BCUT2D eigenvalue weighted by Crippen LogP contribution is -2.11. The standard InChI is InChI=1S/C12H14N4O2S/c1-3-13-7-11-14-15-12(19-11)10-5-4-9(16(17)18)6-8(10)2/h4-6,13H,3,7H2,1-2H3.